The van der Waals surface area contributed by atoms with Crippen LogP contribution in [0, 0.1) is 6.92 Å². The lowest BCUT2D eigenvalue weighted by molar-refractivity contribution is -0.858. The van der Waals surface area contributed by atoms with E-state index in [2.05, 4.69) is 10.6 Å². The zero-order valence-corrected chi connectivity index (χ0v) is 12.8. The van der Waals surface area contributed by atoms with Gasteiger partial charge >= 0.3 is 11.8 Å². The van der Waals surface area contributed by atoms with Crippen molar-refractivity contribution >= 4 is 29.1 Å². The summed E-state index contributed by atoms with van der Waals surface area (Å²) in [5.41, 5.74) is 1.40. The lowest BCUT2D eigenvalue weighted by atomic mass is 10.2. The summed E-state index contributed by atoms with van der Waals surface area (Å²) in [7, 11) is 4.08. The largest absolute Gasteiger partial charge is 0.348 e. The first-order valence-corrected chi connectivity index (χ1v) is 6.92. The van der Waals surface area contributed by atoms with Crippen molar-refractivity contribution in [2.45, 2.75) is 13.3 Å². The van der Waals surface area contributed by atoms with Gasteiger partial charge in [-0.2, -0.15) is 0 Å². The van der Waals surface area contributed by atoms with Crippen LogP contribution in [0.5, 0.6) is 0 Å². The minimum atomic E-state index is -0.674. The molecule has 0 aromatic heterocycles. The van der Waals surface area contributed by atoms with E-state index >= 15 is 0 Å². The molecule has 20 heavy (non-hydrogen) atoms. The summed E-state index contributed by atoms with van der Waals surface area (Å²) in [4.78, 5) is 24.7. The van der Waals surface area contributed by atoms with Gasteiger partial charge in [-0.05, 0) is 24.6 Å². The van der Waals surface area contributed by atoms with Crippen LogP contribution in [-0.2, 0) is 9.59 Å². The van der Waals surface area contributed by atoms with Gasteiger partial charge in [-0.25, -0.2) is 0 Å². The molecule has 0 aliphatic heterocycles. The molecule has 0 bridgehead atoms. The molecule has 5 nitrogen and oxygen atoms in total. The molecule has 1 aromatic rings. The minimum Gasteiger partial charge on any atom is -0.348 e. The molecule has 0 atom stereocenters. The quantitative estimate of drug-likeness (QED) is 0.539. The molecular formula is C14H21ClN3O2+. The molecule has 1 aromatic carbocycles. The number of rotatable bonds is 5. The van der Waals surface area contributed by atoms with Crippen LogP contribution in [-0.4, -0.2) is 39.0 Å². The van der Waals surface area contributed by atoms with Gasteiger partial charge in [0, 0.05) is 23.7 Å². The lowest BCUT2D eigenvalue weighted by Gasteiger charge is -2.10. The van der Waals surface area contributed by atoms with Gasteiger partial charge in [0.2, 0.25) is 0 Å². The summed E-state index contributed by atoms with van der Waals surface area (Å²) >= 11 is 5.86. The van der Waals surface area contributed by atoms with Crippen LogP contribution in [0.2, 0.25) is 5.02 Å². The van der Waals surface area contributed by atoms with Crippen LogP contribution in [0.4, 0.5) is 5.69 Å². The lowest BCUT2D eigenvalue weighted by Crippen LogP contribution is -3.05. The number of carbonyl (C=O) groups excluding carboxylic acids is 2. The number of quaternary nitrogens is 1. The number of hydrogen-bond acceptors (Lipinski definition) is 2. The normalized spacial score (nSPS) is 10.4. The Morgan fingerprint density at radius 2 is 1.95 bits per heavy atom. The Labute approximate surface area is 124 Å². The van der Waals surface area contributed by atoms with Crippen LogP contribution in [0.1, 0.15) is 12.0 Å². The van der Waals surface area contributed by atoms with Gasteiger partial charge < -0.3 is 15.5 Å². The summed E-state index contributed by atoms with van der Waals surface area (Å²) in [6.45, 7) is 3.27. The van der Waals surface area contributed by atoms with E-state index < -0.39 is 11.8 Å². The van der Waals surface area contributed by atoms with Crippen molar-refractivity contribution in [3.8, 4) is 0 Å². The molecule has 3 N–H and O–H groups in total. The summed E-state index contributed by atoms with van der Waals surface area (Å²) in [6, 6.07) is 5.14. The standard InChI is InChI=1S/C14H20ClN3O2/c1-10-5-6-11(15)9-12(10)17-14(20)13(19)16-7-4-8-18(2)3/h5-6,9H,4,7-8H2,1-3H3,(H,16,19)(H,17,20)/p+1. The minimum absolute atomic E-state index is 0.492. The SMILES string of the molecule is Cc1ccc(Cl)cc1NC(=O)C(=O)NCCC[NH+](C)C. The van der Waals surface area contributed by atoms with Crippen LogP contribution in [0.15, 0.2) is 18.2 Å². The predicted molar refractivity (Wildman–Crippen MR) is 80.1 cm³/mol. The Hall–Kier alpha value is -1.59. The third kappa shape index (κ3) is 5.59. The first-order valence-electron chi connectivity index (χ1n) is 6.54. The fourth-order valence-electron chi connectivity index (χ4n) is 1.63. The smallest absolute Gasteiger partial charge is 0.313 e. The average molecular weight is 299 g/mol. The first kappa shape index (κ1) is 16.5. The van der Waals surface area contributed by atoms with Crippen molar-refractivity contribution in [1.82, 2.24) is 5.32 Å². The Bertz CT molecular complexity index is 489. The fraction of sp³-hybridized carbons (Fsp3) is 0.429. The highest BCUT2D eigenvalue weighted by Gasteiger charge is 2.14. The number of nitrogens with one attached hydrogen (secondary N) is 3. The number of aryl methyl sites for hydroxylation is 1. The van der Waals surface area contributed by atoms with E-state index in [9.17, 15) is 9.59 Å². The second-order valence-corrected chi connectivity index (χ2v) is 5.42. The molecule has 0 spiro atoms. The fourth-order valence-corrected chi connectivity index (χ4v) is 1.80. The van der Waals surface area contributed by atoms with Gasteiger partial charge in [-0.1, -0.05) is 17.7 Å². The van der Waals surface area contributed by atoms with E-state index in [0.29, 0.717) is 17.3 Å². The van der Waals surface area contributed by atoms with Crippen molar-refractivity contribution in [1.29, 1.82) is 0 Å². The van der Waals surface area contributed by atoms with E-state index in [1.807, 2.05) is 21.0 Å². The maximum Gasteiger partial charge on any atom is 0.313 e. The number of carbonyl (C=O) groups is 2. The van der Waals surface area contributed by atoms with Gasteiger partial charge in [0.05, 0.1) is 20.6 Å². The number of benzene rings is 1. The number of amides is 2. The molecule has 0 saturated carbocycles. The number of hydrogen-bond donors (Lipinski definition) is 3. The summed E-state index contributed by atoms with van der Waals surface area (Å²) < 4.78 is 0. The molecule has 0 unspecified atom stereocenters. The Kier molecular flexibility index (Phi) is 6.48. The number of anilines is 1. The van der Waals surface area contributed by atoms with Gasteiger partial charge in [0.15, 0.2) is 0 Å². The zero-order chi connectivity index (χ0) is 15.1. The Morgan fingerprint density at radius 3 is 2.60 bits per heavy atom. The van der Waals surface area contributed by atoms with Crippen LogP contribution in [0.25, 0.3) is 0 Å². The van der Waals surface area contributed by atoms with Crippen LogP contribution >= 0.6 is 11.6 Å². The van der Waals surface area contributed by atoms with Crippen LogP contribution in [0.3, 0.4) is 0 Å². The Balaban J connectivity index is 2.45. The molecule has 0 radical (unpaired) electrons. The highest BCUT2D eigenvalue weighted by Crippen LogP contribution is 2.19. The molecular weight excluding hydrogens is 278 g/mol. The van der Waals surface area contributed by atoms with Gasteiger partial charge in [-0.15, -0.1) is 0 Å². The third-order valence-electron chi connectivity index (χ3n) is 2.79. The highest BCUT2D eigenvalue weighted by atomic mass is 35.5. The van der Waals surface area contributed by atoms with E-state index in [4.69, 9.17) is 11.6 Å². The summed E-state index contributed by atoms with van der Waals surface area (Å²) in [6.07, 6.45) is 0.831. The summed E-state index contributed by atoms with van der Waals surface area (Å²) in [5, 5.41) is 5.67. The van der Waals surface area contributed by atoms with E-state index in [-0.39, 0.29) is 0 Å². The first-order chi connectivity index (χ1) is 9.40. The Morgan fingerprint density at radius 1 is 1.25 bits per heavy atom. The molecule has 0 saturated heterocycles. The zero-order valence-electron chi connectivity index (χ0n) is 12.0. The van der Waals surface area contributed by atoms with E-state index in [1.54, 1.807) is 18.2 Å². The van der Waals surface area contributed by atoms with Crippen molar-refractivity contribution in [3.05, 3.63) is 28.8 Å². The van der Waals surface area contributed by atoms with Crippen molar-refractivity contribution in [2.24, 2.45) is 0 Å². The van der Waals surface area contributed by atoms with Crippen molar-refractivity contribution in [2.75, 3.05) is 32.5 Å². The monoisotopic (exact) mass is 298 g/mol. The second-order valence-electron chi connectivity index (χ2n) is 4.98. The molecule has 0 fully saturated rings. The van der Waals surface area contributed by atoms with E-state index in [1.165, 1.54) is 4.90 Å². The van der Waals surface area contributed by atoms with Gasteiger partial charge in [0.1, 0.15) is 0 Å². The average Bonchev–Trinajstić information content (AvgIpc) is 2.38. The molecule has 110 valence electrons. The molecule has 0 aliphatic carbocycles. The summed E-state index contributed by atoms with van der Waals surface area (Å²) in [5.74, 6) is -1.30. The van der Waals surface area contributed by atoms with E-state index in [0.717, 1.165) is 18.5 Å². The maximum atomic E-state index is 11.7. The number of halogens is 1. The molecule has 6 heteroatoms. The predicted octanol–water partition coefficient (Wildman–Crippen LogP) is 0.238. The maximum absolute atomic E-state index is 11.7. The van der Waals surface area contributed by atoms with Crippen molar-refractivity contribution in [3.63, 3.8) is 0 Å². The molecule has 0 aliphatic rings. The molecule has 0 heterocycles. The third-order valence-corrected chi connectivity index (χ3v) is 3.03. The van der Waals surface area contributed by atoms with Gasteiger partial charge in [-0.3, -0.25) is 9.59 Å². The second kappa shape index (κ2) is 7.87. The molecule has 1 rings (SSSR count). The highest BCUT2D eigenvalue weighted by molar-refractivity contribution is 6.40. The van der Waals surface area contributed by atoms with Gasteiger partial charge in [0.25, 0.3) is 0 Å². The molecule has 2 amide bonds. The van der Waals surface area contributed by atoms with Crippen LogP contribution < -0.4 is 15.5 Å². The topological polar surface area (TPSA) is 62.6 Å². The van der Waals surface area contributed by atoms with Crippen molar-refractivity contribution < 1.29 is 14.5 Å².